The van der Waals surface area contributed by atoms with Crippen LogP contribution in [0.25, 0.3) is 0 Å². The fourth-order valence-electron chi connectivity index (χ4n) is 2.40. The molecule has 0 radical (unpaired) electrons. The Balaban J connectivity index is 0.000000284. The number of ether oxygens (including phenoxy) is 1. The summed E-state index contributed by atoms with van der Waals surface area (Å²) in [4.78, 5) is 38.5. The first-order valence-corrected chi connectivity index (χ1v) is 9.16. The Hall–Kier alpha value is -2.29. The van der Waals surface area contributed by atoms with Gasteiger partial charge < -0.3 is 14.9 Å². The molecule has 0 spiro atoms. The highest BCUT2D eigenvalue weighted by molar-refractivity contribution is 6.20. The zero-order chi connectivity index (χ0) is 21.3. The lowest BCUT2D eigenvalue weighted by Crippen LogP contribution is -2.31. The molecule has 0 unspecified atom stereocenters. The summed E-state index contributed by atoms with van der Waals surface area (Å²) < 4.78 is 5.47. The maximum Gasteiger partial charge on any atom is 0.306 e. The number of carboxylic acids is 1. The Kier molecular flexibility index (Phi) is 9.24. The van der Waals surface area contributed by atoms with E-state index < -0.39 is 23.4 Å². The number of amides is 2. The normalized spacial score (nSPS) is 13.4. The van der Waals surface area contributed by atoms with Crippen molar-refractivity contribution < 1.29 is 34.2 Å². The summed E-state index contributed by atoms with van der Waals surface area (Å²) in [7, 11) is 0. The van der Waals surface area contributed by atoms with Crippen molar-refractivity contribution in [3.05, 3.63) is 35.4 Å². The molecule has 1 aliphatic heterocycles. The Morgan fingerprint density at radius 2 is 1.64 bits per heavy atom. The number of nitrogens with zero attached hydrogens (tertiary/aromatic N) is 1. The van der Waals surface area contributed by atoms with Gasteiger partial charge in [0, 0.05) is 6.61 Å². The van der Waals surface area contributed by atoms with Crippen molar-refractivity contribution in [2.45, 2.75) is 46.1 Å². The first-order chi connectivity index (χ1) is 13.1. The molecule has 8 heteroatoms. The highest BCUT2D eigenvalue weighted by Gasteiger charge is 2.36. The number of imide groups is 1. The smallest absolute Gasteiger partial charge is 0.306 e. The molecule has 0 saturated heterocycles. The minimum Gasteiger partial charge on any atom is -0.481 e. The predicted octanol–water partition coefficient (Wildman–Crippen LogP) is 2.51. The summed E-state index contributed by atoms with van der Waals surface area (Å²) in [6, 6.07) is 6.49. The van der Waals surface area contributed by atoms with Gasteiger partial charge in [-0.1, -0.05) is 26.0 Å². The molecule has 28 heavy (non-hydrogen) atoms. The van der Waals surface area contributed by atoms with E-state index in [1.165, 1.54) is 0 Å². The second-order valence-electron chi connectivity index (χ2n) is 7.37. The minimum atomic E-state index is -0.811. The van der Waals surface area contributed by atoms with Crippen molar-refractivity contribution in [1.82, 2.24) is 5.06 Å². The molecule has 2 N–H and O–H groups in total. The largest absolute Gasteiger partial charge is 0.481 e. The molecule has 0 aromatic heterocycles. The van der Waals surface area contributed by atoms with Gasteiger partial charge in [0.25, 0.3) is 11.8 Å². The number of benzene rings is 1. The van der Waals surface area contributed by atoms with E-state index in [1.807, 2.05) is 0 Å². The third kappa shape index (κ3) is 7.38. The highest BCUT2D eigenvalue weighted by atomic mass is 16.7. The first kappa shape index (κ1) is 23.7. The molecule has 2 rings (SSSR count). The number of aliphatic hydroxyl groups excluding tert-OH is 1. The monoisotopic (exact) mass is 395 g/mol. The van der Waals surface area contributed by atoms with Crippen LogP contribution in [0.1, 0.15) is 61.3 Å². The van der Waals surface area contributed by atoms with Gasteiger partial charge in [-0.05, 0) is 38.3 Å². The zero-order valence-electron chi connectivity index (χ0n) is 16.8. The van der Waals surface area contributed by atoms with E-state index in [4.69, 9.17) is 19.8 Å². The van der Waals surface area contributed by atoms with Crippen LogP contribution in [0.5, 0.6) is 0 Å². The number of hydroxylamine groups is 2. The maximum atomic E-state index is 11.6. The number of carbonyl (C=O) groups is 3. The molecule has 0 fully saturated rings. The Morgan fingerprint density at radius 1 is 1.11 bits per heavy atom. The molecular weight excluding hydrogens is 366 g/mol. The summed E-state index contributed by atoms with van der Waals surface area (Å²) in [5, 5.41) is 17.8. The van der Waals surface area contributed by atoms with Gasteiger partial charge in [-0.2, -0.15) is 0 Å². The molecule has 1 aliphatic rings. The molecule has 0 atom stereocenters. The van der Waals surface area contributed by atoms with Crippen LogP contribution in [0.15, 0.2) is 24.3 Å². The fraction of sp³-hybridized carbons (Fsp3) is 0.550. The Labute approximate surface area is 165 Å². The van der Waals surface area contributed by atoms with E-state index >= 15 is 0 Å². The summed E-state index contributed by atoms with van der Waals surface area (Å²) >= 11 is 0. The van der Waals surface area contributed by atoms with Gasteiger partial charge in [0.1, 0.15) is 0 Å². The van der Waals surface area contributed by atoms with Gasteiger partial charge in [0.15, 0.2) is 0 Å². The van der Waals surface area contributed by atoms with Crippen molar-refractivity contribution in [2.75, 3.05) is 19.8 Å². The van der Waals surface area contributed by atoms with Crippen LogP contribution in [0.4, 0.5) is 0 Å². The third-order valence-corrected chi connectivity index (χ3v) is 3.83. The van der Waals surface area contributed by atoms with E-state index in [9.17, 15) is 14.4 Å². The van der Waals surface area contributed by atoms with Gasteiger partial charge in [-0.25, -0.2) is 0 Å². The second-order valence-corrected chi connectivity index (χ2v) is 7.37. The predicted molar refractivity (Wildman–Crippen MR) is 102 cm³/mol. The van der Waals surface area contributed by atoms with E-state index in [1.54, 1.807) is 38.1 Å². The van der Waals surface area contributed by atoms with Gasteiger partial charge in [0.2, 0.25) is 0 Å². The number of carbonyl (C=O) groups excluding carboxylic acids is 2. The maximum absolute atomic E-state index is 11.6. The van der Waals surface area contributed by atoms with Gasteiger partial charge in [-0.15, -0.1) is 5.06 Å². The standard InChI is InChI=1S/C10H9NO4.C10H20O3/c12-5-6-15-11-9(13)7-3-1-2-4-8(7)10(11)14;1-8(2)5-6-13-10(3,4)7-9(11)12/h1-4,12H,5-6H2;8H,5-7H2,1-4H3,(H,11,12). The molecule has 156 valence electrons. The molecule has 0 aliphatic carbocycles. The average Bonchev–Trinajstić information content (AvgIpc) is 2.83. The van der Waals surface area contributed by atoms with Crippen LogP contribution >= 0.6 is 0 Å². The lowest BCUT2D eigenvalue weighted by atomic mass is 10.1. The van der Waals surface area contributed by atoms with Crippen molar-refractivity contribution in [1.29, 1.82) is 0 Å². The molecule has 0 bridgehead atoms. The number of hydrogen-bond acceptors (Lipinski definition) is 6. The number of fused-ring (bicyclic) bond motifs is 1. The third-order valence-electron chi connectivity index (χ3n) is 3.83. The molecule has 1 aromatic carbocycles. The number of aliphatic hydroxyl groups is 1. The summed E-state index contributed by atoms with van der Waals surface area (Å²) in [6.45, 7) is 8.17. The quantitative estimate of drug-likeness (QED) is 0.618. The van der Waals surface area contributed by atoms with Crippen molar-refractivity contribution >= 4 is 17.8 Å². The summed E-state index contributed by atoms with van der Waals surface area (Å²) in [6.07, 6.45) is 1.04. The second kappa shape index (κ2) is 10.9. The highest BCUT2D eigenvalue weighted by Crippen LogP contribution is 2.22. The topological polar surface area (TPSA) is 113 Å². The van der Waals surface area contributed by atoms with E-state index in [0.29, 0.717) is 28.7 Å². The van der Waals surface area contributed by atoms with E-state index in [-0.39, 0.29) is 19.6 Å². The molecule has 2 amide bonds. The minimum absolute atomic E-state index is 0.0606. The van der Waals surface area contributed by atoms with Gasteiger partial charge >= 0.3 is 5.97 Å². The van der Waals surface area contributed by atoms with Crippen molar-refractivity contribution in [2.24, 2.45) is 5.92 Å². The van der Waals surface area contributed by atoms with Crippen LogP contribution < -0.4 is 0 Å². The molecule has 8 nitrogen and oxygen atoms in total. The van der Waals surface area contributed by atoms with Gasteiger partial charge in [0.05, 0.1) is 36.4 Å². The molecule has 1 heterocycles. The van der Waals surface area contributed by atoms with Crippen molar-refractivity contribution in [3.63, 3.8) is 0 Å². The van der Waals surface area contributed by atoms with E-state index in [2.05, 4.69) is 13.8 Å². The first-order valence-electron chi connectivity index (χ1n) is 9.16. The lowest BCUT2D eigenvalue weighted by Gasteiger charge is -2.23. The molecular formula is C20H29NO7. The number of rotatable bonds is 9. The zero-order valence-corrected chi connectivity index (χ0v) is 16.8. The summed E-state index contributed by atoms with van der Waals surface area (Å²) in [5.41, 5.74) is 0.127. The van der Waals surface area contributed by atoms with Crippen molar-refractivity contribution in [3.8, 4) is 0 Å². The van der Waals surface area contributed by atoms with Crippen LogP contribution in [0.3, 0.4) is 0 Å². The lowest BCUT2D eigenvalue weighted by molar-refractivity contribution is -0.143. The fourth-order valence-corrected chi connectivity index (χ4v) is 2.40. The Morgan fingerprint density at radius 3 is 2.07 bits per heavy atom. The molecule has 0 saturated carbocycles. The summed E-state index contributed by atoms with van der Waals surface area (Å²) in [5.74, 6) is -1.18. The van der Waals surface area contributed by atoms with Crippen LogP contribution in [-0.4, -0.2) is 58.5 Å². The van der Waals surface area contributed by atoms with E-state index in [0.717, 1.165) is 6.42 Å². The Bertz CT molecular complexity index is 650. The number of hydrogen-bond donors (Lipinski definition) is 2. The van der Waals surface area contributed by atoms with Crippen LogP contribution in [0.2, 0.25) is 0 Å². The molecule has 1 aromatic rings. The van der Waals surface area contributed by atoms with Crippen LogP contribution in [-0.2, 0) is 14.4 Å². The average molecular weight is 395 g/mol. The number of aliphatic carboxylic acids is 1. The van der Waals surface area contributed by atoms with Crippen LogP contribution in [0, 0.1) is 5.92 Å². The van der Waals surface area contributed by atoms with Gasteiger partial charge in [-0.3, -0.25) is 19.2 Å². The number of carboxylic acid groups (broad SMARTS) is 1. The SMILES string of the molecule is CC(C)CCOC(C)(C)CC(=O)O.O=C1c2ccccc2C(=O)N1OCCO.